The van der Waals surface area contributed by atoms with Crippen molar-refractivity contribution in [1.82, 2.24) is 30.0 Å². The minimum atomic E-state index is -2.09. The lowest BCUT2D eigenvalue weighted by molar-refractivity contribution is 0.108. The molecule has 11 heteroatoms. The smallest absolute Gasteiger partial charge is 0.319 e. The molecule has 2 N–H and O–H groups in total. The van der Waals surface area contributed by atoms with Gasteiger partial charge in [-0.1, -0.05) is 13.0 Å². The van der Waals surface area contributed by atoms with E-state index < -0.39 is 23.5 Å². The fraction of sp³-hybridized carbons (Fsp3) is 0.500. The third kappa shape index (κ3) is 4.35. The molecule has 0 aliphatic carbocycles. The van der Waals surface area contributed by atoms with E-state index in [4.69, 9.17) is 12.5 Å². The van der Waals surface area contributed by atoms with Gasteiger partial charge < -0.3 is 20.1 Å². The van der Waals surface area contributed by atoms with Crippen molar-refractivity contribution >= 4 is 27.5 Å². The zero-order valence-electron chi connectivity index (χ0n) is 26.1. The second-order valence-corrected chi connectivity index (χ2v) is 12.4. The van der Waals surface area contributed by atoms with Gasteiger partial charge in [-0.05, 0) is 81.1 Å². The minimum absolute atomic E-state index is 0.0184. The van der Waals surface area contributed by atoms with Crippen molar-refractivity contribution in [3.8, 4) is 17.4 Å². The first-order chi connectivity index (χ1) is 21.7. The van der Waals surface area contributed by atoms with Gasteiger partial charge in [0.25, 0.3) is 5.56 Å². The summed E-state index contributed by atoms with van der Waals surface area (Å²) >= 11 is 0. The number of phenols is 1. The SMILES string of the molecule is [2H]C([2H])(Oc1nc(N2C[C@H]3CC[C@@H](C2)N3)c2cnn(-c3cc(O)cc4ccc(F)c(CC)c34)c(=O)c2n1)C12CCCN1CCC2. The van der Waals surface area contributed by atoms with Crippen LogP contribution in [0.2, 0.25) is 0 Å². The Balaban J connectivity index is 1.32. The van der Waals surface area contributed by atoms with Gasteiger partial charge in [0, 0.05) is 36.6 Å². The van der Waals surface area contributed by atoms with Crippen molar-refractivity contribution in [2.75, 3.05) is 37.6 Å². The number of halogens is 1. The molecule has 10 nitrogen and oxygen atoms in total. The van der Waals surface area contributed by atoms with E-state index in [1.807, 2.05) is 6.92 Å². The predicted molar refractivity (Wildman–Crippen MR) is 162 cm³/mol. The van der Waals surface area contributed by atoms with Crippen LogP contribution in [0.3, 0.4) is 0 Å². The third-order valence-corrected chi connectivity index (χ3v) is 9.81. The van der Waals surface area contributed by atoms with Gasteiger partial charge in [-0.25, -0.2) is 4.39 Å². The van der Waals surface area contributed by atoms with E-state index in [-0.39, 0.29) is 35.0 Å². The van der Waals surface area contributed by atoms with Crippen LogP contribution in [0.5, 0.6) is 11.8 Å². The molecule has 0 saturated carbocycles. The largest absolute Gasteiger partial charge is 0.508 e. The number of nitrogens with one attached hydrogen (secondary N) is 1. The van der Waals surface area contributed by atoms with Crippen LogP contribution in [0, 0.1) is 5.82 Å². The van der Waals surface area contributed by atoms with Crippen LogP contribution >= 0.6 is 0 Å². The molecular weight excluding hydrogens is 549 g/mol. The molecule has 0 amide bonds. The average molecular weight is 588 g/mol. The Bertz CT molecular complexity index is 1880. The summed E-state index contributed by atoms with van der Waals surface area (Å²) in [4.78, 5) is 28.0. The molecule has 6 heterocycles. The molecule has 4 aliphatic heterocycles. The predicted octanol–water partition coefficient (Wildman–Crippen LogP) is 3.68. The Labute approximate surface area is 251 Å². The number of rotatable bonds is 6. The van der Waals surface area contributed by atoms with Gasteiger partial charge in [0.1, 0.15) is 29.5 Å². The lowest BCUT2D eigenvalue weighted by Crippen LogP contribution is -2.51. The summed E-state index contributed by atoms with van der Waals surface area (Å²) in [6, 6.07) is 6.23. The van der Waals surface area contributed by atoms with Crippen LogP contribution in [0.15, 0.2) is 35.3 Å². The van der Waals surface area contributed by atoms with Crippen molar-refractivity contribution in [3.63, 3.8) is 0 Å². The van der Waals surface area contributed by atoms with E-state index in [9.17, 15) is 14.3 Å². The lowest BCUT2D eigenvalue weighted by atomic mass is 9.95. The molecule has 0 spiro atoms. The number of benzene rings is 2. The number of aromatic hydroxyl groups is 1. The zero-order chi connectivity index (χ0) is 31.1. The number of piperazine rings is 1. The summed E-state index contributed by atoms with van der Waals surface area (Å²) in [5.41, 5.74) is -0.702. The molecule has 0 unspecified atom stereocenters. The zero-order valence-corrected chi connectivity index (χ0v) is 24.1. The molecule has 8 rings (SSSR count). The summed E-state index contributed by atoms with van der Waals surface area (Å²) < 4.78 is 40.5. The Morgan fingerprint density at radius 3 is 2.67 bits per heavy atom. The monoisotopic (exact) mass is 587 g/mol. The van der Waals surface area contributed by atoms with Crippen molar-refractivity contribution in [3.05, 3.63) is 52.2 Å². The molecule has 4 fully saturated rings. The standard InChI is InChI=1S/C32H36FN7O3/c1-2-23-25(33)8-5-19-13-22(41)14-26(27(19)23)40-30(42)28-24(15-34-40)29(38-16-20-6-7-21(17-38)35-20)37-31(36-28)43-18-32-9-3-11-39(32)12-4-10-32/h5,8,13-15,20-21,35,41H,2-4,6-7,9-12,16-18H2,1H3/t20-,21+/i18D2. The Hall–Kier alpha value is -3.83. The molecule has 43 heavy (non-hydrogen) atoms. The number of nitrogens with zero attached hydrogens (tertiary/aromatic N) is 6. The number of aromatic nitrogens is 4. The van der Waals surface area contributed by atoms with Crippen molar-refractivity contribution < 1.29 is 17.0 Å². The normalized spacial score (nSPS) is 24.0. The number of ether oxygens (including phenoxy) is 1. The molecule has 4 saturated heterocycles. The maximum absolute atomic E-state index is 15.0. The molecule has 4 aromatic rings. The van der Waals surface area contributed by atoms with Crippen LogP contribution < -0.4 is 20.5 Å². The highest BCUT2D eigenvalue weighted by molar-refractivity contribution is 5.95. The van der Waals surface area contributed by atoms with Crippen LogP contribution in [0.1, 0.15) is 53.8 Å². The fourth-order valence-electron chi connectivity index (χ4n) is 7.82. The number of phenolic OH excluding ortho intramolecular Hbond substituents is 1. The van der Waals surface area contributed by atoms with Gasteiger partial charge in [0.2, 0.25) is 0 Å². The van der Waals surface area contributed by atoms with Crippen LogP contribution in [0.25, 0.3) is 27.4 Å². The molecule has 2 bridgehead atoms. The second kappa shape index (κ2) is 10.1. The van der Waals surface area contributed by atoms with E-state index in [0.29, 0.717) is 59.9 Å². The molecule has 224 valence electrons. The summed E-state index contributed by atoms with van der Waals surface area (Å²) in [6.07, 6.45) is 7.13. The third-order valence-electron chi connectivity index (χ3n) is 9.81. The highest BCUT2D eigenvalue weighted by atomic mass is 19.1. The minimum Gasteiger partial charge on any atom is -0.508 e. The summed E-state index contributed by atoms with van der Waals surface area (Å²) in [5, 5.41) is 20.2. The van der Waals surface area contributed by atoms with Gasteiger partial charge >= 0.3 is 6.01 Å². The van der Waals surface area contributed by atoms with Gasteiger partial charge in [-0.3, -0.25) is 9.69 Å². The van der Waals surface area contributed by atoms with Gasteiger partial charge in [0.05, 0.1) is 25.6 Å². The van der Waals surface area contributed by atoms with E-state index >= 15 is 0 Å². The Kier molecular flexibility index (Phi) is 5.79. The number of anilines is 1. The molecule has 2 atom stereocenters. The average Bonchev–Trinajstić information content (AvgIpc) is 3.72. The quantitative estimate of drug-likeness (QED) is 0.349. The van der Waals surface area contributed by atoms with Gasteiger partial charge in [0.15, 0.2) is 0 Å². The molecule has 0 radical (unpaired) electrons. The molecule has 2 aromatic heterocycles. The molecule has 4 aliphatic rings. The van der Waals surface area contributed by atoms with E-state index in [0.717, 1.165) is 43.5 Å². The number of aryl methyl sites for hydroxylation is 1. The van der Waals surface area contributed by atoms with Crippen molar-refractivity contribution in [2.45, 2.75) is 69.5 Å². The topological polar surface area (TPSA) is 109 Å². The highest BCUT2D eigenvalue weighted by Crippen LogP contribution is 2.39. The van der Waals surface area contributed by atoms with E-state index in [2.05, 4.69) is 25.2 Å². The summed E-state index contributed by atoms with van der Waals surface area (Å²) in [6.45, 7) is 2.74. The Morgan fingerprint density at radius 1 is 1.16 bits per heavy atom. The first kappa shape index (κ1) is 24.6. The van der Waals surface area contributed by atoms with Gasteiger partial charge in [-0.15, -0.1) is 0 Å². The van der Waals surface area contributed by atoms with Crippen LogP contribution in [0.4, 0.5) is 10.2 Å². The first-order valence-electron chi connectivity index (χ1n) is 16.4. The summed E-state index contributed by atoms with van der Waals surface area (Å²) in [5.74, 6) is -0.0168. The summed E-state index contributed by atoms with van der Waals surface area (Å²) in [7, 11) is 0. The molecular formula is C32H36FN7O3. The highest BCUT2D eigenvalue weighted by Gasteiger charge is 2.45. The maximum atomic E-state index is 15.0. The molecule has 2 aromatic carbocycles. The first-order valence-corrected chi connectivity index (χ1v) is 15.4. The lowest BCUT2D eigenvalue weighted by Gasteiger charge is -2.34. The van der Waals surface area contributed by atoms with E-state index in [1.54, 1.807) is 6.07 Å². The fourth-order valence-corrected chi connectivity index (χ4v) is 7.82. The maximum Gasteiger partial charge on any atom is 0.319 e. The number of fused-ring (bicyclic) bond motifs is 5. The number of hydrogen-bond donors (Lipinski definition) is 2. The van der Waals surface area contributed by atoms with Crippen LogP contribution in [-0.2, 0) is 6.42 Å². The van der Waals surface area contributed by atoms with Crippen molar-refractivity contribution in [1.29, 1.82) is 0 Å². The second-order valence-electron chi connectivity index (χ2n) is 12.4. The van der Waals surface area contributed by atoms with E-state index in [1.165, 1.54) is 24.4 Å². The Morgan fingerprint density at radius 2 is 1.93 bits per heavy atom. The number of hydrogen-bond acceptors (Lipinski definition) is 9. The van der Waals surface area contributed by atoms with Gasteiger partial charge in [-0.2, -0.15) is 19.7 Å². The van der Waals surface area contributed by atoms with Crippen LogP contribution in [-0.4, -0.2) is 80.1 Å². The van der Waals surface area contributed by atoms with Crippen molar-refractivity contribution in [2.24, 2.45) is 0 Å².